The molecule has 2 aliphatic rings. The highest BCUT2D eigenvalue weighted by molar-refractivity contribution is 6.21. The zero-order valence-electron chi connectivity index (χ0n) is 19.7. The summed E-state index contributed by atoms with van der Waals surface area (Å²) in [4.78, 5) is 32.3. The minimum atomic E-state index is -0.383. The lowest BCUT2D eigenvalue weighted by Gasteiger charge is -2.29. The first kappa shape index (κ1) is 22.8. The Hall–Kier alpha value is -4.01. The standard InChI is InChI=1S/C26H25F2N5O2/c1-16-14-29-24(32(16)20-8-4-18(27)5-9-20)22-12-13-31(35-3)26(34)23(22)25-30-15-17(2)33(25)21-10-6-19(28)7-11-21/h4-13,16-17H,14-15H2,1-3H3. The molecule has 3 heterocycles. The highest BCUT2D eigenvalue weighted by Gasteiger charge is 2.35. The van der Waals surface area contributed by atoms with E-state index in [1.807, 2.05) is 23.6 Å². The van der Waals surface area contributed by atoms with Gasteiger partial charge in [0.05, 0.1) is 30.7 Å². The lowest BCUT2D eigenvalue weighted by Crippen LogP contribution is -2.43. The summed E-state index contributed by atoms with van der Waals surface area (Å²) in [6, 6.07) is 14.1. The van der Waals surface area contributed by atoms with E-state index in [1.54, 1.807) is 36.5 Å². The maximum Gasteiger partial charge on any atom is 0.294 e. The molecule has 0 saturated carbocycles. The van der Waals surface area contributed by atoms with Gasteiger partial charge in [-0.05, 0) is 68.4 Å². The summed E-state index contributed by atoms with van der Waals surface area (Å²) >= 11 is 0. The van der Waals surface area contributed by atoms with Gasteiger partial charge in [-0.2, -0.15) is 4.73 Å². The van der Waals surface area contributed by atoms with Crippen LogP contribution in [0.1, 0.15) is 25.0 Å². The van der Waals surface area contributed by atoms with E-state index in [2.05, 4.69) is 0 Å². The van der Waals surface area contributed by atoms with Crippen LogP contribution in [0.2, 0.25) is 0 Å². The van der Waals surface area contributed by atoms with Gasteiger partial charge in [0, 0.05) is 23.1 Å². The zero-order valence-corrected chi connectivity index (χ0v) is 19.7. The quantitative estimate of drug-likeness (QED) is 0.565. The second-order valence-electron chi connectivity index (χ2n) is 8.64. The highest BCUT2D eigenvalue weighted by Crippen LogP contribution is 2.29. The normalized spacial score (nSPS) is 19.7. The molecular weight excluding hydrogens is 452 g/mol. The molecule has 0 saturated heterocycles. The van der Waals surface area contributed by atoms with Crippen molar-refractivity contribution < 1.29 is 13.6 Å². The van der Waals surface area contributed by atoms with Crippen molar-refractivity contribution in [3.8, 4) is 0 Å². The van der Waals surface area contributed by atoms with Crippen molar-refractivity contribution in [2.24, 2.45) is 9.98 Å². The molecular formula is C26H25F2N5O2. The predicted octanol–water partition coefficient (Wildman–Crippen LogP) is 3.50. The van der Waals surface area contributed by atoms with Crippen molar-refractivity contribution in [1.29, 1.82) is 0 Å². The smallest absolute Gasteiger partial charge is 0.294 e. The molecule has 0 fully saturated rings. The number of halogens is 2. The second-order valence-corrected chi connectivity index (χ2v) is 8.64. The Labute approximate surface area is 201 Å². The van der Waals surface area contributed by atoms with E-state index in [0.717, 1.165) is 16.1 Å². The summed E-state index contributed by atoms with van der Waals surface area (Å²) < 4.78 is 28.4. The van der Waals surface area contributed by atoms with E-state index >= 15 is 0 Å². The number of hydrogen-bond donors (Lipinski definition) is 0. The van der Waals surface area contributed by atoms with Crippen LogP contribution in [0, 0.1) is 11.6 Å². The predicted molar refractivity (Wildman–Crippen MR) is 133 cm³/mol. The molecule has 5 rings (SSSR count). The molecule has 0 bridgehead atoms. The van der Waals surface area contributed by atoms with Crippen LogP contribution in [0.5, 0.6) is 0 Å². The van der Waals surface area contributed by atoms with Gasteiger partial charge in [0.2, 0.25) is 0 Å². The molecule has 0 N–H and O–H groups in total. The molecule has 0 aliphatic carbocycles. The number of anilines is 2. The average Bonchev–Trinajstić information content (AvgIpc) is 3.42. The van der Waals surface area contributed by atoms with Gasteiger partial charge in [-0.15, -0.1) is 0 Å². The fourth-order valence-electron chi connectivity index (χ4n) is 4.61. The van der Waals surface area contributed by atoms with Gasteiger partial charge in [0.25, 0.3) is 5.56 Å². The summed E-state index contributed by atoms with van der Waals surface area (Å²) in [7, 11) is 1.42. The zero-order chi connectivity index (χ0) is 24.7. The van der Waals surface area contributed by atoms with E-state index < -0.39 is 0 Å². The maximum absolute atomic E-state index is 13.6. The molecule has 0 amide bonds. The van der Waals surface area contributed by atoms with E-state index in [1.165, 1.54) is 31.4 Å². The first-order valence-electron chi connectivity index (χ1n) is 11.4. The minimum absolute atomic E-state index is 0.00538. The Morgan fingerprint density at radius 3 is 1.80 bits per heavy atom. The van der Waals surface area contributed by atoms with Crippen LogP contribution in [-0.2, 0) is 0 Å². The summed E-state index contributed by atoms with van der Waals surface area (Å²) in [5.41, 5.74) is 2.05. The van der Waals surface area contributed by atoms with Crippen LogP contribution < -0.4 is 20.2 Å². The summed E-state index contributed by atoms with van der Waals surface area (Å²) in [6.07, 6.45) is 1.55. The molecule has 2 atom stereocenters. The minimum Gasteiger partial charge on any atom is -0.414 e. The van der Waals surface area contributed by atoms with Crippen LogP contribution >= 0.6 is 0 Å². The van der Waals surface area contributed by atoms with E-state index in [9.17, 15) is 13.6 Å². The summed E-state index contributed by atoms with van der Waals surface area (Å²) in [5.74, 6) is 0.398. The van der Waals surface area contributed by atoms with Crippen LogP contribution in [0.3, 0.4) is 0 Å². The first-order valence-corrected chi connectivity index (χ1v) is 11.4. The molecule has 3 aromatic rings. The van der Waals surface area contributed by atoms with Crippen molar-refractivity contribution in [3.05, 3.63) is 93.9 Å². The Bertz CT molecular complexity index is 1370. The van der Waals surface area contributed by atoms with Gasteiger partial charge >= 0.3 is 0 Å². The Morgan fingerprint density at radius 1 is 0.800 bits per heavy atom. The Morgan fingerprint density at radius 2 is 1.29 bits per heavy atom. The molecule has 1 aromatic heterocycles. The third kappa shape index (κ3) is 3.96. The molecule has 35 heavy (non-hydrogen) atoms. The second kappa shape index (κ2) is 8.98. The van der Waals surface area contributed by atoms with Crippen molar-refractivity contribution in [1.82, 2.24) is 4.73 Å². The third-order valence-electron chi connectivity index (χ3n) is 6.28. The molecule has 2 aromatic carbocycles. The van der Waals surface area contributed by atoms with Gasteiger partial charge in [-0.3, -0.25) is 14.8 Å². The summed E-state index contributed by atoms with van der Waals surface area (Å²) in [6.45, 7) is 5.01. The van der Waals surface area contributed by atoms with Crippen LogP contribution in [0.4, 0.5) is 20.2 Å². The number of aromatic nitrogens is 1. The van der Waals surface area contributed by atoms with Gasteiger partial charge < -0.3 is 14.6 Å². The van der Waals surface area contributed by atoms with E-state index in [0.29, 0.717) is 35.9 Å². The Kier molecular flexibility index (Phi) is 5.84. The van der Waals surface area contributed by atoms with Gasteiger partial charge in [-0.25, -0.2) is 8.78 Å². The van der Waals surface area contributed by atoms with Crippen molar-refractivity contribution in [2.75, 3.05) is 30.0 Å². The van der Waals surface area contributed by atoms with Gasteiger partial charge in [-0.1, -0.05) is 0 Å². The molecule has 7 nitrogen and oxygen atoms in total. The molecule has 2 unspecified atom stereocenters. The van der Waals surface area contributed by atoms with Crippen molar-refractivity contribution >= 4 is 23.0 Å². The summed E-state index contributed by atoms with van der Waals surface area (Å²) in [5, 5.41) is 0. The third-order valence-corrected chi connectivity index (χ3v) is 6.28. The average molecular weight is 478 g/mol. The molecule has 2 aliphatic heterocycles. The monoisotopic (exact) mass is 477 g/mol. The molecule has 9 heteroatoms. The number of aliphatic imine (C=N–C) groups is 2. The fraction of sp³-hybridized carbons (Fsp3) is 0.269. The first-order chi connectivity index (χ1) is 16.9. The van der Waals surface area contributed by atoms with E-state index in [-0.39, 0.29) is 29.3 Å². The van der Waals surface area contributed by atoms with Crippen LogP contribution in [0.15, 0.2) is 75.6 Å². The molecule has 0 radical (unpaired) electrons. The SMILES string of the molecule is COn1ccc(C2=NCC(C)N2c2ccc(F)cc2)c(C2=NCC(C)N2c2ccc(F)cc2)c1=O. The van der Waals surface area contributed by atoms with E-state index in [4.69, 9.17) is 14.8 Å². The van der Waals surface area contributed by atoms with Crippen molar-refractivity contribution in [3.63, 3.8) is 0 Å². The fourth-order valence-corrected chi connectivity index (χ4v) is 4.61. The highest BCUT2D eigenvalue weighted by atomic mass is 19.1. The largest absolute Gasteiger partial charge is 0.414 e. The Balaban J connectivity index is 1.67. The number of benzene rings is 2. The molecule has 0 spiro atoms. The number of pyridine rings is 1. The van der Waals surface area contributed by atoms with Gasteiger partial charge in [0.1, 0.15) is 30.4 Å². The molecule has 180 valence electrons. The van der Waals surface area contributed by atoms with Crippen molar-refractivity contribution in [2.45, 2.75) is 25.9 Å². The number of nitrogens with zero attached hydrogens (tertiary/aromatic N) is 5. The number of amidine groups is 2. The maximum atomic E-state index is 13.6. The number of hydrogen-bond acceptors (Lipinski definition) is 6. The number of rotatable bonds is 5. The topological polar surface area (TPSA) is 62.4 Å². The lowest BCUT2D eigenvalue weighted by atomic mass is 10.0. The van der Waals surface area contributed by atoms with Crippen LogP contribution in [0.25, 0.3) is 0 Å². The lowest BCUT2D eigenvalue weighted by molar-refractivity contribution is 0.157. The van der Waals surface area contributed by atoms with Gasteiger partial charge in [0.15, 0.2) is 0 Å². The van der Waals surface area contributed by atoms with Crippen LogP contribution in [-0.4, -0.2) is 48.7 Å².